The molecule has 104 valence electrons. The second-order valence-corrected chi connectivity index (χ2v) is 4.65. The molecule has 7 heteroatoms. The van der Waals surface area contributed by atoms with E-state index in [4.69, 9.17) is 10.5 Å². The molecule has 5 nitrogen and oxygen atoms in total. The Hall–Kier alpha value is -1.76. The Balaban J connectivity index is 2.13. The van der Waals surface area contributed by atoms with Gasteiger partial charge < -0.3 is 10.5 Å². The van der Waals surface area contributed by atoms with Crippen LogP contribution in [-0.2, 0) is 0 Å². The van der Waals surface area contributed by atoms with Crippen molar-refractivity contribution in [3.63, 3.8) is 0 Å². The van der Waals surface area contributed by atoms with Gasteiger partial charge in [0.15, 0.2) is 11.6 Å². The van der Waals surface area contributed by atoms with E-state index in [0.29, 0.717) is 18.9 Å². The SMILES string of the molecule is NC1CCC(Oc2cc(F)c([N+](=O)[O-])cc2F)CC1. The molecule has 1 saturated carbocycles. The van der Waals surface area contributed by atoms with Gasteiger partial charge >= 0.3 is 5.69 Å². The lowest BCUT2D eigenvalue weighted by Gasteiger charge is -2.26. The van der Waals surface area contributed by atoms with E-state index in [1.54, 1.807) is 0 Å². The largest absolute Gasteiger partial charge is 0.487 e. The highest BCUT2D eigenvalue weighted by atomic mass is 19.1. The summed E-state index contributed by atoms with van der Waals surface area (Å²) < 4.78 is 32.3. The van der Waals surface area contributed by atoms with E-state index >= 15 is 0 Å². The molecule has 1 aliphatic rings. The Morgan fingerprint density at radius 3 is 2.42 bits per heavy atom. The number of halogens is 2. The summed E-state index contributed by atoms with van der Waals surface area (Å²) in [7, 11) is 0. The van der Waals surface area contributed by atoms with Crippen molar-refractivity contribution in [2.45, 2.75) is 37.8 Å². The summed E-state index contributed by atoms with van der Waals surface area (Å²) in [6.45, 7) is 0. The predicted octanol–water partition coefficient (Wildman–Crippen LogP) is 2.52. The zero-order valence-corrected chi connectivity index (χ0v) is 10.1. The van der Waals surface area contributed by atoms with Crippen LogP contribution in [0.5, 0.6) is 5.75 Å². The molecule has 1 aromatic carbocycles. The van der Waals surface area contributed by atoms with Crippen LogP contribution in [0.4, 0.5) is 14.5 Å². The van der Waals surface area contributed by atoms with Gasteiger partial charge in [0.25, 0.3) is 0 Å². The Labute approximate surface area is 108 Å². The quantitative estimate of drug-likeness (QED) is 0.677. The van der Waals surface area contributed by atoms with Gasteiger partial charge in [0.1, 0.15) is 0 Å². The van der Waals surface area contributed by atoms with Gasteiger partial charge in [-0.25, -0.2) is 4.39 Å². The number of hydrogen-bond donors (Lipinski definition) is 1. The standard InChI is InChI=1S/C12H14F2N2O3/c13-9-6-12(10(14)5-11(9)16(17)18)19-8-3-1-7(15)2-4-8/h5-8H,1-4,15H2. The molecule has 0 aliphatic heterocycles. The van der Waals surface area contributed by atoms with Crippen molar-refractivity contribution in [1.29, 1.82) is 0 Å². The average Bonchev–Trinajstić information content (AvgIpc) is 2.35. The van der Waals surface area contributed by atoms with Crippen molar-refractivity contribution in [3.8, 4) is 5.75 Å². The highest BCUT2D eigenvalue weighted by molar-refractivity contribution is 5.39. The number of nitrogens with two attached hydrogens (primary N) is 1. The number of nitro benzene ring substituents is 1. The maximum atomic E-state index is 13.6. The molecule has 19 heavy (non-hydrogen) atoms. The first-order valence-electron chi connectivity index (χ1n) is 6.03. The zero-order chi connectivity index (χ0) is 14.0. The maximum absolute atomic E-state index is 13.6. The van der Waals surface area contributed by atoms with Crippen LogP contribution in [0.1, 0.15) is 25.7 Å². The number of nitro groups is 1. The lowest BCUT2D eigenvalue weighted by Crippen LogP contribution is -2.31. The predicted molar refractivity (Wildman–Crippen MR) is 63.9 cm³/mol. The van der Waals surface area contributed by atoms with Crippen LogP contribution in [-0.4, -0.2) is 17.1 Å². The van der Waals surface area contributed by atoms with Crippen LogP contribution in [0.25, 0.3) is 0 Å². The molecule has 0 unspecified atom stereocenters. The third-order valence-electron chi connectivity index (χ3n) is 3.21. The van der Waals surface area contributed by atoms with E-state index in [2.05, 4.69) is 0 Å². The summed E-state index contributed by atoms with van der Waals surface area (Å²) in [5, 5.41) is 10.5. The lowest BCUT2D eigenvalue weighted by atomic mass is 9.94. The molecule has 0 amide bonds. The number of rotatable bonds is 3. The Morgan fingerprint density at radius 2 is 1.84 bits per heavy atom. The first-order chi connectivity index (χ1) is 8.97. The average molecular weight is 272 g/mol. The molecule has 2 N–H and O–H groups in total. The Bertz CT molecular complexity index is 488. The van der Waals surface area contributed by atoms with Crippen LogP contribution in [0, 0.1) is 21.7 Å². The van der Waals surface area contributed by atoms with Gasteiger partial charge in [-0.15, -0.1) is 0 Å². The summed E-state index contributed by atoms with van der Waals surface area (Å²) in [4.78, 5) is 9.49. The molecule has 0 radical (unpaired) electrons. The molecule has 0 atom stereocenters. The van der Waals surface area contributed by atoms with Crippen LogP contribution in [0.15, 0.2) is 12.1 Å². The van der Waals surface area contributed by atoms with Crippen molar-refractivity contribution in [2.24, 2.45) is 5.73 Å². The molecule has 0 aromatic heterocycles. The summed E-state index contributed by atoms with van der Waals surface area (Å²) in [5.41, 5.74) is 4.84. The summed E-state index contributed by atoms with van der Waals surface area (Å²) in [5.74, 6) is -2.32. The molecule has 1 aromatic rings. The van der Waals surface area contributed by atoms with E-state index in [-0.39, 0.29) is 17.9 Å². The Morgan fingerprint density at radius 1 is 1.21 bits per heavy atom. The second kappa shape index (κ2) is 5.48. The molecule has 1 fully saturated rings. The minimum atomic E-state index is -1.10. The normalized spacial score (nSPS) is 23.1. The molecule has 0 spiro atoms. The van der Waals surface area contributed by atoms with Gasteiger partial charge in [0.2, 0.25) is 5.82 Å². The monoisotopic (exact) mass is 272 g/mol. The van der Waals surface area contributed by atoms with Crippen molar-refractivity contribution in [1.82, 2.24) is 0 Å². The van der Waals surface area contributed by atoms with Gasteiger partial charge in [-0.1, -0.05) is 0 Å². The van der Waals surface area contributed by atoms with Crippen LogP contribution in [0.3, 0.4) is 0 Å². The summed E-state index contributed by atoms with van der Waals surface area (Å²) in [6.07, 6.45) is 2.64. The van der Waals surface area contributed by atoms with Gasteiger partial charge in [0.05, 0.1) is 17.1 Å². The van der Waals surface area contributed by atoms with E-state index in [0.717, 1.165) is 18.9 Å². The lowest BCUT2D eigenvalue weighted by molar-refractivity contribution is -0.387. The fourth-order valence-electron chi connectivity index (χ4n) is 2.13. The van der Waals surface area contributed by atoms with Crippen LogP contribution < -0.4 is 10.5 Å². The molecule has 0 bridgehead atoms. The summed E-state index contributed by atoms with van der Waals surface area (Å²) in [6, 6.07) is 1.39. The molecular weight excluding hydrogens is 258 g/mol. The molecule has 0 heterocycles. The smallest absolute Gasteiger partial charge is 0.307 e. The minimum absolute atomic E-state index is 0.123. The minimum Gasteiger partial charge on any atom is -0.487 e. The topological polar surface area (TPSA) is 78.4 Å². The third kappa shape index (κ3) is 3.17. The molecule has 1 aliphatic carbocycles. The van der Waals surface area contributed by atoms with E-state index in [1.165, 1.54) is 0 Å². The van der Waals surface area contributed by atoms with Crippen molar-refractivity contribution in [2.75, 3.05) is 0 Å². The van der Waals surface area contributed by atoms with E-state index in [9.17, 15) is 18.9 Å². The van der Waals surface area contributed by atoms with Crippen LogP contribution in [0.2, 0.25) is 0 Å². The highest BCUT2D eigenvalue weighted by Crippen LogP contribution is 2.29. The van der Waals surface area contributed by atoms with Gasteiger partial charge in [-0.05, 0) is 25.7 Å². The fourth-order valence-corrected chi connectivity index (χ4v) is 2.13. The van der Waals surface area contributed by atoms with Crippen molar-refractivity contribution >= 4 is 5.69 Å². The van der Waals surface area contributed by atoms with Gasteiger partial charge in [-0.2, -0.15) is 4.39 Å². The van der Waals surface area contributed by atoms with E-state index in [1.807, 2.05) is 0 Å². The maximum Gasteiger partial charge on any atom is 0.307 e. The number of nitrogens with zero attached hydrogens (tertiary/aromatic N) is 1. The molecule has 2 rings (SSSR count). The van der Waals surface area contributed by atoms with Gasteiger partial charge in [0, 0.05) is 12.1 Å². The fraction of sp³-hybridized carbons (Fsp3) is 0.500. The zero-order valence-electron chi connectivity index (χ0n) is 10.1. The Kier molecular flexibility index (Phi) is 3.94. The van der Waals surface area contributed by atoms with E-state index < -0.39 is 22.2 Å². The highest BCUT2D eigenvalue weighted by Gasteiger charge is 2.24. The first kappa shape index (κ1) is 13.7. The van der Waals surface area contributed by atoms with Crippen molar-refractivity contribution in [3.05, 3.63) is 33.9 Å². The van der Waals surface area contributed by atoms with Crippen LogP contribution >= 0.6 is 0 Å². The molecule has 0 saturated heterocycles. The number of hydrogen-bond acceptors (Lipinski definition) is 4. The number of ether oxygens (including phenoxy) is 1. The number of benzene rings is 1. The summed E-state index contributed by atoms with van der Waals surface area (Å²) >= 11 is 0. The third-order valence-corrected chi connectivity index (χ3v) is 3.21. The van der Waals surface area contributed by atoms with Crippen molar-refractivity contribution < 1.29 is 18.4 Å². The first-order valence-corrected chi connectivity index (χ1v) is 6.03. The van der Waals surface area contributed by atoms with Gasteiger partial charge in [-0.3, -0.25) is 10.1 Å². The molecular formula is C12H14F2N2O3. The second-order valence-electron chi connectivity index (χ2n) is 4.65.